The molecule has 5 nitrogen and oxygen atoms in total. The Balaban J connectivity index is 1.81. The van der Waals surface area contributed by atoms with Crippen molar-refractivity contribution >= 4 is 11.6 Å². The fourth-order valence-electron chi connectivity index (χ4n) is 2.95. The van der Waals surface area contributed by atoms with Crippen LogP contribution in [0, 0.1) is 0 Å². The summed E-state index contributed by atoms with van der Waals surface area (Å²) in [6.45, 7) is 7.37. The number of rotatable bonds is 15. The molecule has 0 radical (unpaired) electrons. The number of alkyl halides is 1. The number of benzene rings is 2. The lowest BCUT2D eigenvalue weighted by molar-refractivity contribution is 0.0247. The third kappa shape index (κ3) is 8.15. The van der Waals surface area contributed by atoms with Gasteiger partial charge in [-0.1, -0.05) is 38.1 Å². The van der Waals surface area contributed by atoms with Crippen LogP contribution in [0.5, 0.6) is 11.5 Å². The lowest BCUT2D eigenvalue weighted by atomic mass is 9.78. The molecule has 166 valence electrons. The second kappa shape index (κ2) is 13.5. The molecule has 0 atom stereocenters. The molecule has 6 heteroatoms. The highest BCUT2D eigenvalue weighted by atomic mass is 35.5. The van der Waals surface area contributed by atoms with Crippen molar-refractivity contribution in [2.75, 3.05) is 52.1 Å². The predicted octanol–water partition coefficient (Wildman–Crippen LogP) is 4.42. The summed E-state index contributed by atoms with van der Waals surface area (Å²) in [6, 6.07) is 16.4. The third-order valence-electron chi connectivity index (χ3n) is 4.80. The molecule has 2 aromatic rings. The van der Waals surface area contributed by atoms with Gasteiger partial charge in [0, 0.05) is 11.3 Å². The molecule has 0 aliphatic heterocycles. The first-order chi connectivity index (χ1) is 14.6. The van der Waals surface area contributed by atoms with E-state index in [-0.39, 0.29) is 12.0 Å². The van der Waals surface area contributed by atoms with Gasteiger partial charge in [-0.15, -0.1) is 11.6 Å². The van der Waals surface area contributed by atoms with Gasteiger partial charge in [0.2, 0.25) is 0 Å². The molecule has 2 rings (SSSR count). The van der Waals surface area contributed by atoms with E-state index in [4.69, 9.17) is 35.7 Å². The summed E-state index contributed by atoms with van der Waals surface area (Å²) >= 11 is 5.69. The highest BCUT2D eigenvalue weighted by molar-refractivity contribution is 6.17. The van der Waals surface area contributed by atoms with Crippen molar-refractivity contribution in [2.24, 2.45) is 0 Å². The summed E-state index contributed by atoms with van der Waals surface area (Å²) in [7, 11) is 0. The summed E-state index contributed by atoms with van der Waals surface area (Å²) in [4.78, 5) is 0. The predicted molar refractivity (Wildman–Crippen MR) is 120 cm³/mol. The van der Waals surface area contributed by atoms with E-state index in [9.17, 15) is 0 Å². The number of aliphatic hydroxyl groups excluding tert-OH is 1. The maximum absolute atomic E-state index is 8.62. The van der Waals surface area contributed by atoms with E-state index in [1.54, 1.807) is 0 Å². The zero-order chi connectivity index (χ0) is 21.7. The standard InChI is InChI=1S/C24H33ClO5/c1-24(2,20-4-8-22(9-5-20)29-14-3-12-25)21-6-10-23(11-7-21)30-19-18-28-17-16-27-15-13-26/h4-11,26H,3,12-19H2,1-2H3. The van der Waals surface area contributed by atoms with E-state index < -0.39 is 0 Å². The van der Waals surface area contributed by atoms with E-state index in [1.807, 2.05) is 24.3 Å². The van der Waals surface area contributed by atoms with Crippen LogP contribution in [0.4, 0.5) is 0 Å². The molecular weight excluding hydrogens is 404 g/mol. The van der Waals surface area contributed by atoms with E-state index in [0.29, 0.717) is 45.5 Å². The summed E-state index contributed by atoms with van der Waals surface area (Å²) in [5, 5.41) is 8.62. The summed E-state index contributed by atoms with van der Waals surface area (Å²) < 4.78 is 22.0. The highest BCUT2D eigenvalue weighted by Crippen LogP contribution is 2.33. The maximum Gasteiger partial charge on any atom is 0.119 e. The van der Waals surface area contributed by atoms with Crippen LogP contribution in [0.1, 0.15) is 31.4 Å². The van der Waals surface area contributed by atoms with Gasteiger partial charge in [0.05, 0.1) is 39.6 Å². The maximum atomic E-state index is 8.62. The number of hydrogen-bond acceptors (Lipinski definition) is 5. The van der Waals surface area contributed by atoms with Crippen molar-refractivity contribution in [1.29, 1.82) is 0 Å². The molecule has 0 saturated heterocycles. The fourth-order valence-corrected chi connectivity index (χ4v) is 3.06. The van der Waals surface area contributed by atoms with Gasteiger partial charge in [0.1, 0.15) is 18.1 Å². The van der Waals surface area contributed by atoms with Gasteiger partial charge < -0.3 is 24.1 Å². The zero-order valence-corrected chi connectivity index (χ0v) is 18.7. The molecule has 2 aromatic carbocycles. The number of halogens is 1. The largest absolute Gasteiger partial charge is 0.494 e. The van der Waals surface area contributed by atoms with Crippen LogP contribution in [0.15, 0.2) is 48.5 Å². The first-order valence-electron chi connectivity index (χ1n) is 10.4. The Morgan fingerprint density at radius 2 is 1.17 bits per heavy atom. The third-order valence-corrected chi connectivity index (χ3v) is 5.07. The molecule has 0 amide bonds. The number of aliphatic hydroxyl groups is 1. The Labute approximate surface area is 184 Å². The molecule has 0 aromatic heterocycles. The summed E-state index contributed by atoms with van der Waals surface area (Å²) in [5.41, 5.74) is 2.30. The SMILES string of the molecule is CC(C)(c1ccc(OCCCCl)cc1)c1ccc(OCCOCCOCCO)cc1. The average Bonchev–Trinajstić information content (AvgIpc) is 2.76. The van der Waals surface area contributed by atoms with Gasteiger partial charge in [-0.25, -0.2) is 0 Å². The normalized spacial score (nSPS) is 11.5. The van der Waals surface area contributed by atoms with Gasteiger partial charge in [0.25, 0.3) is 0 Å². The minimum Gasteiger partial charge on any atom is -0.494 e. The minimum atomic E-state index is -0.134. The van der Waals surface area contributed by atoms with Crippen LogP contribution in [0.25, 0.3) is 0 Å². The van der Waals surface area contributed by atoms with Gasteiger partial charge in [-0.3, -0.25) is 0 Å². The molecule has 30 heavy (non-hydrogen) atoms. The molecule has 0 spiro atoms. The molecule has 1 N–H and O–H groups in total. The van der Waals surface area contributed by atoms with Crippen LogP contribution < -0.4 is 9.47 Å². The zero-order valence-electron chi connectivity index (χ0n) is 17.9. The molecule has 0 fully saturated rings. The topological polar surface area (TPSA) is 57.2 Å². The Hall–Kier alpha value is -1.79. The second-order valence-corrected chi connectivity index (χ2v) is 7.74. The summed E-state index contributed by atoms with van der Waals surface area (Å²) in [5.74, 6) is 2.29. The fraction of sp³-hybridized carbons (Fsp3) is 0.500. The van der Waals surface area contributed by atoms with Crippen molar-refractivity contribution in [3.63, 3.8) is 0 Å². The van der Waals surface area contributed by atoms with Gasteiger partial charge in [-0.05, 0) is 41.8 Å². The molecule has 0 heterocycles. The second-order valence-electron chi connectivity index (χ2n) is 7.36. The number of ether oxygens (including phenoxy) is 4. The van der Waals surface area contributed by atoms with Gasteiger partial charge in [0.15, 0.2) is 0 Å². The van der Waals surface area contributed by atoms with Gasteiger partial charge in [-0.2, -0.15) is 0 Å². The van der Waals surface area contributed by atoms with E-state index in [0.717, 1.165) is 17.9 Å². The first kappa shape index (κ1) is 24.5. The summed E-state index contributed by atoms with van der Waals surface area (Å²) in [6.07, 6.45) is 0.842. The van der Waals surface area contributed by atoms with Crippen LogP contribution >= 0.6 is 11.6 Å². The first-order valence-corrected chi connectivity index (χ1v) is 10.9. The van der Waals surface area contributed by atoms with Crippen molar-refractivity contribution in [3.8, 4) is 11.5 Å². The Morgan fingerprint density at radius 3 is 1.67 bits per heavy atom. The van der Waals surface area contributed by atoms with E-state index in [1.165, 1.54) is 11.1 Å². The van der Waals surface area contributed by atoms with Gasteiger partial charge >= 0.3 is 0 Å². The van der Waals surface area contributed by atoms with Crippen LogP contribution in [0.2, 0.25) is 0 Å². The lowest BCUT2D eigenvalue weighted by Gasteiger charge is -2.26. The molecule has 0 unspecified atom stereocenters. The van der Waals surface area contributed by atoms with Crippen LogP contribution in [-0.2, 0) is 14.9 Å². The van der Waals surface area contributed by atoms with Crippen molar-refractivity contribution in [3.05, 3.63) is 59.7 Å². The lowest BCUT2D eigenvalue weighted by Crippen LogP contribution is -2.18. The Morgan fingerprint density at radius 1 is 0.700 bits per heavy atom. The Bertz CT molecular complexity index is 701. The number of hydrogen-bond donors (Lipinski definition) is 1. The smallest absolute Gasteiger partial charge is 0.119 e. The van der Waals surface area contributed by atoms with Crippen molar-refractivity contribution < 1.29 is 24.1 Å². The van der Waals surface area contributed by atoms with E-state index >= 15 is 0 Å². The molecule has 0 aliphatic rings. The quantitative estimate of drug-likeness (QED) is 0.330. The Kier molecular flexibility index (Phi) is 11.0. The molecule has 0 bridgehead atoms. The van der Waals surface area contributed by atoms with Crippen molar-refractivity contribution in [2.45, 2.75) is 25.7 Å². The highest BCUT2D eigenvalue weighted by Gasteiger charge is 2.23. The van der Waals surface area contributed by atoms with Crippen molar-refractivity contribution in [1.82, 2.24) is 0 Å². The van der Waals surface area contributed by atoms with E-state index in [2.05, 4.69) is 38.1 Å². The monoisotopic (exact) mass is 436 g/mol. The molecule has 0 saturated carbocycles. The minimum absolute atomic E-state index is 0.0324. The van der Waals surface area contributed by atoms with Crippen LogP contribution in [-0.4, -0.2) is 57.2 Å². The molecular formula is C24H33ClO5. The van der Waals surface area contributed by atoms with Crippen LogP contribution in [0.3, 0.4) is 0 Å². The average molecular weight is 437 g/mol. The molecule has 0 aliphatic carbocycles.